The predicted octanol–water partition coefficient (Wildman–Crippen LogP) is 7.06. The second-order valence-electron chi connectivity index (χ2n) is 10.4. The highest BCUT2D eigenvalue weighted by molar-refractivity contribution is 6.30. The number of imidazole rings is 2. The Morgan fingerprint density at radius 1 is 0.911 bits per heavy atom. The minimum absolute atomic E-state index is 0.333. The average molecular weight is 621 g/mol. The third kappa shape index (κ3) is 7.55. The molecule has 6 aromatic rings. The number of fused-ring (bicyclic) bond motifs is 1. The van der Waals surface area contributed by atoms with E-state index in [0.717, 1.165) is 55.1 Å². The van der Waals surface area contributed by atoms with Crippen molar-refractivity contribution in [2.45, 2.75) is 19.9 Å². The van der Waals surface area contributed by atoms with E-state index in [1.54, 1.807) is 12.5 Å². The molecular formula is C34H33ClN8O2. The minimum Gasteiger partial charge on any atom is -0.382 e. The summed E-state index contributed by atoms with van der Waals surface area (Å²) in [5, 5.41) is 9.91. The van der Waals surface area contributed by atoms with Gasteiger partial charge in [0.05, 0.1) is 11.4 Å². The molecule has 0 aliphatic carbocycles. The fraction of sp³-hybridized carbons (Fsp3) is 0.176. The Hall–Kier alpha value is -5.03. The number of amides is 2. The molecule has 0 atom stereocenters. The first-order valence-corrected chi connectivity index (χ1v) is 15.1. The Balaban J connectivity index is 1.13. The van der Waals surface area contributed by atoms with Gasteiger partial charge >= 0.3 is 6.03 Å². The first-order chi connectivity index (χ1) is 22.1. The van der Waals surface area contributed by atoms with Crippen LogP contribution in [-0.2, 0) is 11.3 Å². The summed E-state index contributed by atoms with van der Waals surface area (Å²) in [5.74, 6) is 0.630. The number of carbonyl (C=O) groups excluding carboxylic acids is 1. The van der Waals surface area contributed by atoms with E-state index in [2.05, 4.69) is 25.9 Å². The summed E-state index contributed by atoms with van der Waals surface area (Å²) in [4.78, 5) is 26.9. The Kier molecular flexibility index (Phi) is 9.45. The van der Waals surface area contributed by atoms with E-state index >= 15 is 0 Å². The van der Waals surface area contributed by atoms with Gasteiger partial charge in [0.2, 0.25) is 0 Å². The number of hydrogen-bond acceptors (Lipinski definition) is 6. The summed E-state index contributed by atoms with van der Waals surface area (Å²) >= 11 is 6.06. The molecule has 3 N–H and O–H groups in total. The molecule has 0 saturated heterocycles. The lowest BCUT2D eigenvalue weighted by atomic mass is 10.1. The SMILES string of the molecule is CCOCCCNCc1ccc(NC(=O)Nc2cccc(-c3cn4ccnc4c(-n4cnc(-c5ccc(Cl)cc5)c4)n3)c2)cc1. The molecule has 0 saturated carbocycles. The van der Waals surface area contributed by atoms with Crippen LogP contribution in [0.25, 0.3) is 34.0 Å². The quantitative estimate of drug-likeness (QED) is 0.126. The maximum Gasteiger partial charge on any atom is 0.323 e. The van der Waals surface area contributed by atoms with Gasteiger partial charge in [0, 0.05) is 72.1 Å². The number of anilines is 2. The molecule has 3 aromatic heterocycles. The molecule has 45 heavy (non-hydrogen) atoms. The summed E-state index contributed by atoms with van der Waals surface area (Å²) in [6.07, 6.45) is 10.1. The van der Waals surface area contributed by atoms with E-state index in [4.69, 9.17) is 21.3 Å². The van der Waals surface area contributed by atoms with E-state index in [1.807, 2.05) is 107 Å². The first-order valence-electron chi connectivity index (χ1n) is 14.8. The van der Waals surface area contributed by atoms with Crippen molar-refractivity contribution in [1.29, 1.82) is 0 Å². The molecule has 0 aliphatic heterocycles. The second kappa shape index (κ2) is 14.2. The fourth-order valence-corrected chi connectivity index (χ4v) is 4.99. The number of urea groups is 1. The highest BCUT2D eigenvalue weighted by Gasteiger charge is 2.14. The number of hydrogen-bond donors (Lipinski definition) is 3. The van der Waals surface area contributed by atoms with E-state index in [0.29, 0.717) is 33.6 Å². The van der Waals surface area contributed by atoms with Gasteiger partial charge in [-0.15, -0.1) is 0 Å². The van der Waals surface area contributed by atoms with Crippen molar-refractivity contribution in [2.75, 3.05) is 30.4 Å². The number of nitrogens with one attached hydrogen (secondary N) is 3. The lowest BCUT2D eigenvalue weighted by molar-refractivity contribution is 0.144. The summed E-state index contributed by atoms with van der Waals surface area (Å²) < 4.78 is 9.14. The average Bonchev–Trinajstić information content (AvgIpc) is 3.74. The van der Waals surface area contributed by atoms with Gasteiger partial charge in [0.1, 0.15) is 6.33 Å². The van der Waals surface area contributed by atoms with Gasteiger partial charge < -0.3 is 25.1 Å². The number of aromatic nitrogens is 5. The minimum atomic E-state index is -0.333. The Bertz CT molecular complexity index is 1880. The molecule has 6 rings (SSSR count). The van der Waals surface area contributed by atoms with Crippen molar-refractivity contribution < 1.29 is 9.53 Å². The van der Waals surface area contributed by atoms with Crippen molar-refractivity contribution in [3.05, 3.63) is 114 Å². The van der Waals surface area contributed by atoms with Crippen molar-refractivity contribution in [2.24, 2.45) is 0 Å². The van der Waals surface area contributed by atoms with Crippen molar-refractivity contribution in [3.63, 3.8) is 0 Å². The van der Waals surface area contributed by atoms with Crippen LogP contribution in [0.3, 0.4) is 0 Å². The van der Waals surface area contributed by atoms with Crippen molar-refractivity contribution in [3.8, 4) is 28.3 Å². The van der Waals surface area contributed by atoms with Crippen LogP contribution in [-0.4, -0.2) is 49.7 Å². The Morgan fingerprint density at radius 3 is 2.56 bits per heavy atom. The number of nitrogens with zero attached hydrogens (tertiary/aromatic N) is 5. The molecule has 0 fully saturated rings. The smallest absolute Gasteiger partial charge is 0.323 e. The molecule has 0 unspecified atom stereocenters. The number of benzene rings is 3. The van der Waals surface area contributed by atoms with Crippen LogP contribution >= 0.6 is 11.6 Å². The highest BCUT2D eigenvalue weighted by Crippen LogP contribution is 2.26. The van der Waals surface area contributed by atoms with Crippen molar-refractivity contribution in [1.82, 2.24) is 29.2 Å². The molecule has 3 heterocycles. The van der Waals surface area contributed by atoms with Crippen molar-refractivity contribution >= 4 is 34.7 Å². The standard InChI is InChI=1S/C34H33ClN8O2/c1-2-45-18-4-15-36-20-24-7-13-28(14-8-24)39-34(44)40-29-6-3-5-26(19-29)31-22-42-17-16-37-32(42)33(41-31)43-21-30(38-23-43)25-9-11-27(35)12-10-25/h3,5-14,16-17,19,21-23,36H,2,4,15,18,20H2,1H3,(H2,39,40,44). The summed E-state index contributed by atoms with van der Waals surface area (Å²) in [7, 11) is 0. The molecule has 0 radical (unpaired) electrons. The van der Waals surface area contributed by atoms with Gasteiger partial charge in [-0.25, -0.2) is 19.7 Å². The molecule has 10 nitrogen and oxygen atoms in total. The topological polar surface area (TPSA) is 110 Å². The molecule has 11 heteroatoms. The van der Waals surface area contributed by atoms with Crippen LogP contribution in [0.4, 0.5) is 16.2 Å². The van der Waals surface area contributed by atoms with E-state index in [9.17, 15) is 4.79 Å². The largest absolute Gasteiger partial charge is 0.382 e. The maximum absolute atomic E-state index is 12.8. The summed E-state index contributed by atoms with van der Waals surface area (Å²) in [5.41, 5.74) is 6.46. The molecule has 3 aromatic carbocycles. The molecule has 0 spiro atoms. The highest BCUT2D eigenvalue weighted by atomic mass is 35.5. The second-order valence-corrected chi connectivity index (χ2v) is 10.8. The molecule has 0 bridgehead atoms. The van der Waals surface area contributed by atoms with Crippen LogP contribution in [0.2, 0.25) is 5.02 Å². The van der Waals surface area contributed by atoms with Gasteiger partial charge in [-0.05, 0) is 61.9 Å². The van der Waals surface area contributed by atoms with Gasteiger partial charge in [-0.2, -0.15) is 0 Å². The predicted molar refractivity (Wildman–Crippen MR) is 178 cm³/mol. The van der Waals surface area contributed by atoms with E-state index in [1.165, 1.54) is 0 Å². The van der Waals surface area contributed by atoms with Crippen LogP contribution in [0.5, 0.6) is 0 Å². The molecule has 2 amide bonds. The molecule has 0 aliphatic rings. The number of rotatable bonds is 12. The molecule has 228 valence electrons. The summed E-state index contributed by atoms with van der Waals surface area (Å²) in [6.45, 7) is 5.16. The zero-order valence-corrected chi connectivity index (χ0v) is 25.5. The van der Waals surface area contributed by atoms with E-state index < -0.39 is 0 Å². The fourth-order valence-electron chi connectivity index (χ4n) is 4.87. The Morgan fingerprint density at radius 2 is 1.73 bits per heavy atom. The van der Waals surface area contributed by atoms with Gasteiger partial charge in [0.15, 0.2) is 11.5 Å². The normalized spacial score (nSPS) is 11.2. The Labute approximate surface area is 266 Å². The van der Waals surface area contributed by atoms with Crippen LogP contribution in [0.15, 0.2) is 104 Å². The van der Waals surface area contributed by atoms with Crippen LogP contribution in [0, 0.1) is 0 Å². The maximum atomic E-state index is 12.8. The zero-order valence-electron chi connectivity index (χ0n) is 24.8. The van der Waals surface area contributed by atoms with Gasteiger partial charge in [-0.1, -0.05) is 48.0 Å². The van der Waals surface area contributed by atoms with Gasteiger partial charge in [0.25, 0.3) is 0 Å². The number of halogens is 1. The number of ether oxygens (including phenoxy) is 1. The van der Waals surface area contributed by atoms with Crippen LogP contribution < -0.4 is 16.0 Å². The number of carbonyl (C=O) groups is 1. The first kappa shape index (κ1) is 30.0. The third-order valence-corrected chi connectivity index (χ3v) is 7.38. The third-order valence-electron chi connectivity index (χ3n) is 7.13. The summed E-state index contributed by atoms with van der Waals surface area (Å²) in [6, 6.07) is 22.6. The van der Waals surface area contributed by atoms with Gasteiger partial charge in [-0.3, -0.25) is 4.57 Å². The molecular weight excluding hydrogens is 588 g/mol. The lowest BCUT2D eigenvalue weighted by Crippen LogP contribution is -2.19. The van der Waals surface area contributed by atoms with E-state index in [-0.39, 0.29) is 6.03 Å². The lowest BCUT2D eigenvalue weighted by Gasteiger charge is -2.11. The zero-order chi connectivity index (χ0) is 31.0. The monoisotopic (exact) mass is 620 g/mol. The van der Waals surface area contributed by atoms with Crippen LogP contribution in [0.1, 0.15) is 18.9 Å².